The SMILES string of the molecule is C[C@H]1[C@H](C)CC[C@]2(C(=O)O)CC[C@]3(C)C4=CC[C@H]5C(C)(C)C(=O)CC[C@]5(C)[C@H]4CC[C@@]3(C)[C@H]12. The molecule has 0 aliphatic heterocycles. The Kier molecular flexibility index (Phi) is 4.99. The molecular formula is C30H46O3. The predicted molar refractivity (Wildman–Crippen MR) is 132 cm³/mol. The summed E-state index contributed by atoms with van der Waals surface area (Å²) < 4.78 is 0. The summed E-state index contributed by atoms with van der Waals surface area (Å²) in [4.78, 5) is 25.7. The highest BCUT2D eigenvalue weighted by molar-refractivity contribution is 5.85. The van der Waals surface area contributed by atoms with Crippen LogP contribution >= 0.6 is 0 Å². The van der Waals surface area contributed by atoms with Crippen LogP contribution in [0.5, 0.6) is 0 Å². The van der Waals surface area contributed by atoms with Crippen molar-refractivity contribution < 1.29 is 14.7 Å². The van der Waals surface area contributed by atoms with Crippen LogP contribution in [0.15, 0.2) is 11.6 Å². The summed E-state index contributed by atoms with van der Waals surface area (Å²) in [6.07, 6.45) is 11.3. The molecular weight excluding hydrogens is 408 g/mol. The molecule has 4 saturated carbocycles. The van der Waals surface area contributed by atoms with Gasteiger partial charge in [0, 0.05) is 11.8 Å². The van der Waals surface area contributed by atoms with E-state index in [-0.39, 0.29) is 27.6 Å². The molecule has 0 amide bonds. The van der Waals surface area contributed by atoms with Crippen molar-refractivity contribution in [1.29, 1.82) is 0 Å². The topological polar surface area (TPSA) is 54.4 Å². The van der Waals surface area contributed by atoms with Gasteiger partial charge in [0.1, 0.15) is 5.78 Å². The number of fused-ring (bicyclic) bond motifs is 7. The Bertz CT molecular complexity index is 916. The van der Waals surface area contributed by atoms with E-state index < -0.39 is 11.4 Å². The number of aliphatic carboxylic acids is 1. The van der Waals surface area contributed by atoms with Crippen LogP contribution in [-0.2, 0) is 9.59 Å². The summed E-state index contributed by atoms with van der Waals surface area (Å²) in [5, 5.41) is 10.6. The normalized spacial score (nSPS) is 53.1. The predicted octanol–water partition coefficient (Wildman–Crippen LogP) is 7.30. The minimum Gasteiger partial charge on any atom is -0.481 e. The molecule has 5 aliphatic rings. The van der Waals surface area contributed by atoms with E-state index >= 15 is 0 Å². The maximum atomic E-state index is 12.9. The molecule has 1 N–H and O–H groups in total. The Balaban J connectivity index is 1.61. The van der Waals surface area contributed by atoms with Crippen molar-refractivity contribution in [2.75, 3.05) is 0 Å². The van der Waals surface area contributed by atoms with Crippen molar-refractivity contribution in [2.24, 2.45) is 56.7 Å². The van der Waals surface area contributed by atoms with Crippen LogP contribution in [0.25, 0.3) is 0 Å². The maximum absolute atomic E-state index is 12.9. The zero-order chi connectivity index (χ0) is 24.2. The second-order valence-electron chi connectivity index (χ2n) is 14.3. The summed E-state index contributed by atoms with van der Waals surface area (Å²) in [6.45, 7) is 16.6. The molecule has 3 nitrogen and oxygen atoms in total. The highest BCUT2D eigenvalue weighted by Gasteiger charge is 2.70. The Morgan fingerprint density at radius 3 is 2.33 bits per heavy atom. The number of allylic oxidation sites excluding steroid dienone is 2. The first-order chi connectivity index (χ1) is 15.3. The summed E-state index contributed by atoms with van der Waals surface area (Å²) in [5.41, 5.74) is 1.11. The Hall–Kier alpha value is -1.12. The van der Waals surface area contributed by atoms with Crippen molar-refractivity contribution in [3.63, 3.8) is 0 Å². The summed E-state index contributed by atoms with van der Waals surface area (Å²) in [5.74, 6) is 2.14. The van der Waals surface area contributed by atoms with Crippen LogP contribution in [0.2, 0.25) is 0 Å². The Labute approximate surface area is 201 Å². The molecule has 0 radical (unpaired) electrons. The van der Waals surface area contributed by atoms with Crippen molar-refractivity contribution in [3.05, 3.63) is 11.6 Å². The van der Waals surface area contributed by atoms with Crippen LogP contribution in [0.1, 0.15) is 106 Å². The van der Waals surface area contributed by atoms with Gasteiger partial charge in [-0.05, 0) is 97.2 Å². The first-order valence-corrected chi connectivity index (χ1v) is 13.7. The van der Waals surface area contributed by atoms with Gasteiger partial charge in [-0.3, -0.25) is 9.59 Å². The number of hydrogen-bond donors (Lipinski definition) is 1. The molecule has 0 unspecified atom stereocenters. The Morgan fingerprint density at radius 2 is 1.67 bits per heavy atom. The average molecular weight is 455 g/mol. The fraction of sp³-hybridized carbons (Fsp3) is 0.867. The van der Waals surface area contributed by atoms with Crippen LogP contribution < -0.4 is 0 Å². The second-order valence-corrected chi connectivity index (χ2v) is 14.3. The molecule has 0 heterocycles. The van der Waals surface area contributed by atoms with Crippen LogP contribution in [-0.4, -0.2) is 16.9 Å². The summed E-state index contributed by atoms with van der Waals surface area (Å²) >= 11 is 0. The lowest BCUT2D eigenvalue weighted by Crippen LogP contribution is -2.65. The number of carbonyl (C=O) groups is 2. The molecule has 0 aromatic carbocycles. The third-order valence-corrected chi connectivity index (χ3v) is 13.1. The quantitative estimate of drug-likeness (QED) is 0.423. The summed E-state index contributed by atoms with van der Waals surface area (Å²) in [7, 11) is 0. The third kappa shape index (κ3) is 2.69. The largest absolute Gasteiger partial charge is 0.481 e. The molecule has 3 heteroatoms. The molecule has 5 rings (SSSR count). The molecule has 0 bridgehead atoms. The molecule has 184 valence electrons. The lowest BCUT2D eigenvalue weighted by atomic mass is 9.33. The van der Waals surface area contributed by atoms with E-state index in [9.17, 15) is 14.7 Å². The number of ketones is 1. The fourth-order valence-corrected chi connectivity index (χ4v) is 10.7. The molecule has 9 atom stereocenters. The zero-order valence-corrected chi connectivity index (χ0v) is 22.1. The smallest absolute Gasteiger partial charge is 0.309 e. The number of Topliss-reactive ketones (excluding diaryl/α,β-unsaturated/α-hetero) is 1. The number of rotatable bonds is 1. The van der Waals surface area contributed by atoms with E-state index in [4.69, 9.17) is 0 Å². The van der Waals surface area contributed by atoms with Crippen molar-refractivity contribution in [2.45, 2.75) is 106 Å². The van der Waals surface area contributed by atoms with Gasteiger partial charge in [0.05, 0.1) is 5.41 Å². The molecule has 33 heavy (non-hydrogen) atoms. The number of carboxylic acids is 1. The fourth-order valence-electron chi connectivity index (χ4n) is 10.7. The highest BCUT2D eigenvalue weighted by atomic mass is 16.4. The minimum atomic E-state index is -0.548. The highest BCUT2D eigenvalue weighted by Crippen LogP contribution is 2.75. The molecule has 4 fully saturated rings. The van der Waals surface area contributed by atoms with Crippen molar-refractivity contribution in [1.82, 2.24) is 0 Å². The lowest BCUT2D eigenvalue weighted by Gasteiger charge is -2.70. The van der Waals surface area contributed by atoms with E-state index in [1.54, 1.807) is 5.57 Å². The van der Waals surface area contributed by atoms with Gasteiger partial charge >= 0.3 is 5.97 Å². The number of carboxylic acid groups (broad SMARTS) is 1. The maximum Gasteiger partial charge on any atom is 0.309 e. The van der Waals surface area contributed by atoms with Crippen LogP contribution in [0, 0.1) is 56.7 Å². The van der Waals surface area contributed by atoms with E-state index in [0.29, 0.717) is 29.5 Å². The third-order valence-electron chi connectivity index (χ3n) is 13.1. The van der Waals surface area contributed by atoms with Gasteiger partial charge in [-0.2, -0.15) is 0 Å². The molecule has 0 spiro atoms. The van der Waals surface area contributed by atoms with Crippen LogP contribution in [0.3, 0.4) is 0 Å². The molecule has 0 saturated heterocycles. The lowest BCUT2D eigenvalue weighted by molar-refractivity contribution is -0.204. The van der Waals surface area contributed by atoms with E-state index in [1.165, 1.54) is 0 Å². The second kappa shape index (κ2) is 6.97. The van der Waals surface area contributed by atoms with E-state index in [0.717, 1.165) is 57.8 Å². The van der Waals surface area contributed by atoms with Crippen molar-refractivity contribution >= 4 is 11.8 Å². The Morgan fingerprint density at radius 1 is 0.970 bits per heavy atom. The first-order valence-electron chi connectivity index (χ1n) is 13.7. The van der Waals surface area contributed by atoms with Gasteiger partial charge in [-0.25, -0.2) is 0 Å². The zero-order valence-electron chi connectivity index (χ0n) is 22.1. The van der Waals surface area contributed by atoms with Crippen molar-refractivity contribution in [3.8, 4) is 0 Å². The monoisotopic (exact) mass is 454 g/mol. The van der Waals surface area contributed by atoms with Gasteiger partial charge < -0.3 is 5.11 Å². The van der Waals surface area contributed by atoms with E-state index in [2.05, 4.69) is 54.5 Å². The first kappa shape index (κ1) is 23.6. The van der Waals surface area contributed by atoms with Gasteiger partial charge in [-0.1, -0.05) is 60.1 Å². The summed E-state index contributed by atoms with van der Waals surface area (Å²) in [6, 6.07) is 0. The van der Waals surface area contributed by atoms with Gasteiger partial charge in [0.2, 0.25) is 0 Å². The molecule has 0 aromatic rings. The number of carbonyl (C=O) groups excluding carboxylic acids is 1. The number of hydrogen-bond acceptors (Lipinski definition) is 2. The standard InChI is InChI=1S/C30H46O3/c1-18-10-15-30(25(32)33)17-16-28(6)21-8-9-22-26(3,4)23(31)12-13-27(22,5)20(21)11-14-29(28,7)24(30)19(18)2/h8,18-20,22,24H,9-17H2,1-7H3,(H,32,33)/t18-,19+,20+,22+,24+,27-,28-,29+,30+/m1/s1. The van der Waals surface area contributed by atoms with E-state index in [1.807, 2.05) is 0 Å². The van der Waals surface area contributed by atoms with Gasteiger partial charge in [-0.15, -0.1) is 0 Å². The van der Waals surface area contributed by atoms with Gasteiger partial charge in [0.25, 0.3) is 0 Å². The molecule has 0 aromatic heterocycles. The average Bonchev–Trinajstić information content (AvgIpc) is 2.74. The van der Waals surface area contributed by atoms with Crippen LogP contribution in [0.4, 0.5) is 0 Å². The minimum absolute atomic E-state index is 0.0171. The molecule has 5 aliphatic carbocycles. The van der Waals surface area contributed by atoms with Gasteiger partial charge in [0.15, 0.2) is 0 Å².